The van der Waals surface area contributed by atoms with E-state index in [0.29, 0.717) is 15.6 Å². The van der Waals surface area contributed by atoms with Crippen LogP contribution in [0, 0.1) is 5.82 Å². The van der Waals surface area contributed by atoms with E-state index in [-0.39, 0.29) is 30.7 Å². The number of amides is 2. The predicted molar refractivity (Wildman–Crippen MR) is 141 cm³/mol. The summed E-state index contributed by atoms with van der Waals surface area (Å²) in [4.78, 5) is 28.4. The fraction of sp³-hybridized carbons (Fsp3) is 0.286. The lowest BCUT2D eigenvalue weighted by Crippen LogP contribution is -2.53. The molecule has 3 aromatic rings. The SMILES string of the molecule is CC[C@H](C)NC(=O)[C@H](Cc1ccccc1)N(Cc1c(Cl)cccc1Cl)C(=O)COc1ccccc1F. The van der Waals surface area contributed by atoms with E-state index in [1.165, 1.54) is 23.1 Å². The maximum absolute atomic E-state index is 14.1. The molecule has 3 aromatic carbocycles. The number of nitrogens with one attached hydrogen (secondary N) is 1. The summed E-state index contributed by atoms with van der Waals surface area (Å²) in [6.07, 6.45) is 0.987. The van der Waals surface area contributed by atoms with Gasteiger partial charge in [0.25, 0.3) is 5.91 Å². The molecule has 36 heavy (non-hydrogen) atoms. The summed E-state index contributed by atoms with van der Waals surface area (Å²) in [5.41, 5.74) is 1.38. The minimum absolute atomic E-state index is 0.0244. The van der Waals surface area contributed by atoms with Gasteiger partial charge in [-0.2, -0.15) is 0 Å². The highest BCUT2D eigenvalue weighted by Crippen LogP contribution is 2.27. The van der Waals surface area contributed by atoms with E-state index in [1.807, 2.05) is 44.2 Å². The van der Waals surface area contributed by atoms with Gasteiger partial charge < -0.3 is 15.0 Å². The van der Waals surface area contributed by atoms with Gasteiger partial charge >= 0.3 is 0 Å². The van der Waals surface area contributed by atoms with Crippen LogP contribution in [-0.4, -0.2) is 35.4 Å². The minimum Gasteiger partial charge on any atom is -0.481 e. The Morgan fingerprint density at radius 2 is 1.61 bits per heavy atom. The van der Waals surface area contributed by atoms with Crippen molar-refractivity contribution in [2.45, 2.75) is 45.3 Å². The molecule has 0 saturated carbocycles. The van der Waals surface area contributed by atoms with Gasteiger partial charge in [0.2, 0.25) is 5.91 Å². The number of hydrogen-bond donors (Lipinski definition) is 1. The molecule has 0 fully saturated rings. The molecule has 0 saturated heterocycles. The van der Waals surface area contributed by atoms with E-state index < -0.39 is 24.4 Å². The van der Waals surface area contributed by atoms with E-state index in [9.17, 15) is 14.0 Å². The van der Waals surface area contributed by atoms with Crippen molar-refractivity contribution in [1.82, 2.24) is 10.2 Å². The molecular weight excluding hydrogens is 502 g/mol. The zero-order chi connectivity index (χ0) is 26.1. The number of benzene rings is 3. The zero-order valence-corrected chi connectivity index (χ0v) is 21.7. The molecule has 3 rings (SSSR count). The van der Waals surface area contributed by atoms with E-state index in [2.05, 4.69) is 5.32 Å². The quantitative estimate of drug-likeness (QED) is 0.327. The van der Waals surface area contributed by atoms with Gasteiger partial charge in [0.15, 0.2) is 18.2 Å². The second kappa shape index (κ2) is 13.3. The Balaban J connectivity index is 1.97. The summed E-state index contributed by atoms with van der Waals surface area (Å²) < 4.78 is 19.6. The van der Waals surface area contributed by atoms with Crippen molar-refractivity contribution < 1.29 is 18.7 Å². The number of rotatable bonds is 11. The summed E-state index contributed by atoms with van der Waals surface area (Å²) in [7, 11) is 0. The Labute approximate surface area is 221 Å². The summed E-state index contributed by atoms with van der Waals surface area (Å²) in [5, 5.41) is 3.73. The number of hydrogen-bond acceptors (Lipinski definition) is 3. The summed E-state index contributed by atoms with van der Waals surface area (Å²) >= 11 is 12.8. The van der Waals surface area contributed by atoms with Crippen molar-refractivity contribution in [3.63, 3.8) is 0 Å². The lowest BCUT2D eigenvalue weighted by molar-refractivity contribution is -0.143. The van der Waals surface area contributed by atoms with Gasteiger partial charge in [-0.05, 0) is 43.2 Å². The Morgan fingerprint density at radius 1 is 0.972 bits per heavy atom. The number of carbonyl (C=O) groups excluding carboxylic acids is 2. The predicted octanol–water partition coefficient (Wildman–Crippen LogP) is 6.07. The van der Waals surface area contributed by atoms with Gasteiger partial charge in [-0.15, -0.1) is 0 Å². The van der Waals surface area contributed by atoms with Crippen LogP contribution in [0.3, 0.4) is 0 Å². The Hall–Kier alpha value is -3.09. The van der Waals surface area contributed by atoms with E-state index in [4.69, 9.17) is 27.9 Å². The second-order valence-electron chi connectivity index (χ2n) is 8.46. The third-order valence-electron chi connectivity index (χ3n) is 5.85. The molecule has 8 heteroatoms. The van der Waals surface area contributed by atoms with Crippen LogP contribution in [0.4, 0.5) is 4.39 Å². The van der Waals surface area contributed by atoms with Crippen LogP contribution >= 0.6 is 23.2 Å². The van der Waals surface area contributed by atoms with Crippen LogP contribution in [0.5, 0.6) is 5.75 Å². The lowest BCUT2D eigenvalue weighted by atomic mass is 10.0. The monoisotopic (exact) mass is 530 g/mol. The molecule has 0 aromatic heterocycles. The molecule has 0 aliphatic heterocycles. The van der Waals surface area contributed by atoms with Crippen molar-refractivity contribution in [3.8, 4) is 5.75 Å². The molecule has 190 valence electrons. The highest BCUT2D eigenvalue weighted by molar-refractivity contribution is 6.36. The molecule has 0 unspecified atom stereocenters. The van der Waals surface area contributed by atoms with E-state index in [1.54, 1.807) is 24.3 Å². The maximum atomic E-state index is 14.1. The molecule has 5 nitrogen and oxygen atoms in total. The lowest BCUT2D eigenvalue weighted by Gasteiger charge is -2.32. The van der Waals surface area contributed by atoms with Crippen LogP contribution in [0.15, 0.2) is 72.8 Å². The standard InChI is InChI=1S/C28H29Cl2FN2O3/c1-3-19(2)32-28(35)25(16-20-10-5-4-6-11-20)33(17-21-22(29)12-9-13-23(21)30)27(34)18-36-26-15-8-7-14-24(26)31/h4-15,19,25H,3,16-18H2,1-2H3,(H,32,35)/t19-,25-/m0/s1. The molecule has 0 aliphatic rings. The van der Waals surface area contributed by atoms with E-state index >= 15 is 0 Å². The maximum Gasteiger partial charge on any atom is 0.261 e. The van der Waals surface area contributed by atoms with Gasteiger partial charge in [-0.3, -0.25) is 9.59 Å². The summed E-state index contributed by atoms with van der Waals surface area (Å²) in [6, 6.07) is 19.3. The Bertz CT molecular complexity index is 1160. The van der Waals surface area contributed by atoms with Crippen LogP contribution in [-0.2, 0) is 22.6 Å². The van der Waals surface area contributed by atoms with Crippen molar-refractivity contribution >= 4 is 35.0 Å². The zero-order valence-electron chi connectivity index (χ0n) is 20.2. The fourth-order valence-electron chi connectivity index (χ4n) is 3.63. The molecule has 2 amide bonds. The first kappa shape index (κ1) is 27.5. The highest BCUT2D eigenvalue weighted by atomic mass is 35.5. The third-order valence-corrected chi connectivity index (χ3v) is 6.56. The van der Waals surface area contributed by atoms with Gasteiger partial charge in [-0.25, -0.2) is 4.39 Å². The molecule has 0 bridgehead atoms. The van der Waals surface area contributed by atoms with Gasteiger partial charge in [0.1, 0.15) is 6.04 Å². The first-order valence-electron chi connectivity index (χ1n) is 11.7. The largest absolute Gasteiger partial charge is 0.481 e. The number of ether oxygens (including phenoxy) is 1. The third kappa shape index (κ3) is 7.45. The molecule has 0 aliphatic carbocycles. The normalized spacial score (nSPS) is 12.5. The number of nitrogens with zero attached hydrogens (tertiary/aromatic N) is 1. The van der Waals surface area contributed by atoms with Crippen LogP contribution < -0.4 is 10.1 Å². The average Bonchev–Trinajstić information content (AvgIpc) is 2.87. The fourth-order valence-corrected chi connectivity index (χ4v) is 4.15. The first-order chi connectivity index (χ1) is 17.3. The molecule has 0 spiro atoms. The van der Waals surface area contributed by atoms with Gasteiger partial charge in [-0.1, -0.05) is 78.7 Å². The van der Waals surface area contributed by atoms with Crippen LogP contribution in [0.25, 0.3) is 0 Å². The molecule has 2 atom stereocenters. The topological polar surface area (TPSA) is 58.6 Å². The highest BCUT2D eigenvalue weighted by Gasteiger charge is 2.32. The Kier molecular flexibility index (Phi) is 10.1. The molecular formula is C28H29Cl2FN2O3. The van der Waals surface area contributed by atoms with Crippen molar-refractivity contribution in [2.24, 2.45) is 0 Å². The van der Waals surface area contributed by atoms with Gasteiger partial charge in [0, 0.05) is 34.6 Å². The van der Waals surface area contributed by atoms with Crippen molar-refractivity contribution in [1.29, 1.82) is 0 Å². The molecule has 1 N–H and O–H groups in total. The number of halogens is 3. The van der Waals surface area contributed by atoms with Crippen molar-refractivity contribution in [2.75, 3.05) is 6.61 Å². The minimum atomic E-state index is -0.884. The number of carbonyl (C=O) groups is 2. The van der Waals surface area contributed by atoms with Crippen LogP contribution in [0.2, 0.25) is 10.0 Å². The second-order valence-corrected chi connectivity index (χ2v) is 9.28. The molecule has 0 heterocycles. The van der Waals surface area contributed by atoms with E-state index in [0.717, 1.165) is 12.0 Å². The first-order valence-corrected chi connectivity index (χ1v) is 12.5. The smallest absolute Gasteiger partial charge is 0.261 e. The van der Waals surface area contributed by atoms with Crippen LogP contribution in [0.1, 0.15) is 31.4 Å². The average molecular weight is 531 g/mol. The molecule has 0 radical (unpaired) electrons. The summed E-state index contributed by atoms with van der Waals surface area (Å²) in [5.74, 6) is -1.45. The van der Waals surface area contributed by atoms with Crippen molar-refractivity contribution in [3.05, 3.63) is 99.8 Å². The summed E-state index contributed by atoms with van der Waals surface area (Å²) in [6.45, 7) is 3.37. The number of para-hydroxylation sites is 1. The Morgan fingerprint density at radius 3 is 2.25 bits per heavy atom. The van der Waals surface area contributed by atoms with Gasteiger partial charge in [0.05, 0.1) is 0 Å².